The molecule has 3 aliphatic rings. The van der Waals surface area contributed by atoms with Crippen molar-refractivity contribution in [2.45, 2.75) is 58.2 Å². The van der Waals surface area contributed by atoms with Crippen molar-refractivity contribution in [3.05, 3.63) is 0 Å². The molecule has 102 valence electrons. The van der Waals surface area contributed by atoms with E-state index >= 15 is 0 Å². The Morgan fingerprint density at radius 2 is 2.00 bits per heavy atom. The summed E-state index contributed by atoms with van der Waals surface area (Å²) in [5, 5.41) is 0.273. The molecule has 0 aliphatic heterocycles. The van der Waals surface area contributed by atoms with Crippen LogP contribution in [0.25, 0.3) is 0 Å². The van der Waals surface area contributed by atoms with Gasteiger partial charge < -0.3 is 4.43 Å². The Bertz CT molecular complexity index is 396. The summed E-state index contributed by atoms with van der Waals surface area (Å²) in [6.07, 6.45) is 3.40. The second-order valence-corrected chi connectivity index (χ2v) is 13.0. The Labute approximate surface area is 112 Å². The van der Waals surface area contributed by atoms with Crippen molar-refractivity contribution in [3.8, 4) is 0 Å². The lowest BCUT2D eigenvalue weighted by molar-refractivity contribution is -0.119. The summed E-state index contributed by atoms with van der Waals surface area (Å²) >= 11 is 0. The second-order valence-electron chi connectivity index (χ2n) is 8.19. The number of hydrogen-bond acceptors (Lipinski definition) is 2. The average Bonchev–Trinajstić information content (AvgIpc) is 2.71. The number of hydrogen-bond donors (Lipinski definition) is 0. The number of Topliss-reactive ketones (excluding diaryl/α,β-unsaturated/α-hetero) is 1. The van der Waals surface area contributed by atoms with E-state index in [4.69, 9.17) is 4.43 Å². The Morgan fingerprint density at radius 1 is 1.33 bits per heavy atom. The molecule has 0 aromatic rings. The molecule has 3 saturated carbocycles. The van der Waals surface area contributed by atoms with Crippen LogP contribution in [0.15, 0.2) is 0 Å². The minimum Gasteiger partial charge on any atom is -0.416 e. The smallest absolute Gasteiger partial charge is 0.192 e. The van der Waals surface area contributed by atoms with Crippen LogP contribution in [-0.4, -0.2) is 20.7 Å². The number of fused-ring (bicyclic) bond motifs is 1. The quantitative estimate of drug-likeness (QED) is 0.729. The summed E-state index contributed by atoms with van der Waals surface area (Å²) in [5.41, 5.74) is 0.298. The molecule has 18 heavy (non-hydrogen) atoms. The molecule has 0 amide bonds. The van der Waals surface area contributed by atoms with Crippen molar-refractivity contribution in [1.82, 2.24) is 0 Å². The van der Waals surface area contributed by atoms with E-state index in [9.17, 15) is 4.79 Å². The van der Waals surface area contributed by atoms with Gasteiger partial charge in [-0.1, -0.05) is 20.8 Å². The average molecular weight is 266 g/mol. The molecule has 0 radical (unpaired) electrons. The van der Waals surface area contributed by atoms with Gasteiger partial charge in [-0.3, -0.25) is 4.79 Å². The van der Waals surface area contributed by atoms with E-state index in [2.05, 4.69) is 33.9 Å². The lowest BCUT2D eigenvalue weighted by Gasteiger charge is -2.37. The van der Waals surface area contributed by atoms with Crippen LogP contribution in [-0.2, 0) is 9.22 Å². The SMILES string of the molecule is CC(C)(C)[Si](C)(C)OC[C@]12[C@@H]3CC[C@@H]1[C@@H]2C(=O)C3. The lowest BCUT2D eigenvalue weighted by atomic mass is 9.93. The van der Waals surface area contributed by atoms with Gasteiger partial charge in [-0.05, 0) is 42.8 Å². The molecule has 2 nitrogen and oxygen atoms in total. The summed E-state index contributed by atoms with van der Waals surface area (Å²) in [5.74, 6) is 2.28. The maximum Gasteiger partial charge on any atom is 0.192 e. The number of carbonyl (C=O) groups excluding carboxylic acids is 1. The van der Waals surface area contributed by atoms with Crippen LogP contribution in [0.3, 0.4) is 0 Å². The number of rotatable bonds is 3. The molecule has 0 N–H and O–H groups in total. The van der Waals surface area contributed by atoms with Gasteiger partial charge in [0.15, 0.2) is 8.32 Å². The van der Waals surface area contributed by atoms with Gasteiger partial charge in [-0.2, -0.15) is 0 Å². The minimum absolute atomic E-state index is 0.273. The second kappa shape index (κ2) is 3.48. The van der Waals surface area contributed by atoms with Crippen LogP contribution < -0.4 is 0 Å². The van der Waals surface area contributed by atoms with Crippen LogP contribution in [0.2, 0.25) is 18.1 Å². The first-order valence-corrected chi connectivity index (χ1v) is 10.3. The van der Waals surface area contributed by atoms with E-state index in [1.54, 1.807) is 0 Å². The molecule has 0 saturated heterocycles. The molecule has 0 unspecified atom stereocenters. The fraction of sp³-hybridized carbons (Fsp3) is 0.933. The molecule has 3 heteroatoms. The number of carbonyl (C=O) groups is 1. The van der Waals surface area contributed by atoms with Gasteiger partial charge >= 0.3 is 0 Å². The van der Waals surface area contributed by atoms with Gasteiger partial charge in [0.1, 0.15) is 5.78 Å². The third-order valence-electron chi connectivity index (χ3n) is 6.43. The van der Waals surface area contributed by atoms with Crippen molar-refractivity contribution < 1.29 is 9.22 Å². The molecular formula is C15H26O2Si. The largest absolute Gasteiger partial charge is 0.416 e. The van der Waals surface area contributed by atoms with Gasteiger partial charge in [0, 0.05) is 24.4 Å². The zero-order valence-electron chi connectivity index (χ0n) is 12.4. The van der Waals surface area contributed by atoms with E-state index in [1.807, 2.05) is 0 Å². The maximum atomic E-state index is 12.0. The molecule has 3 aliphatic carbocycles. The van der Waals surface area contributed by atoms with Crippen LogP contribution in [0.4, 0.5) is 0 Å². The predicted octanol–water partition coefficient (Wildman–Crippen LogP) is 3.62. The van der Waals surface area contributed by atoms with Gasteiger partial charge in [-0.15, -0.1) is 0 Å². The van der Waals surface area contributed by atoms with E-state index in [1.165, 1.54) is 12.8 Å². The van der Waals surface area contributed by atoms with Gasteiger partial charge in [-0.25, -0.2) is 0 Å². The summed E-state index contributed by atoms with van der Waals surface area (Å²) in [6.45, 7) is 12.4. The topological polar surface area (TPSA) is 26.3 Å². The molecule has 3 rings (SSSR count). The van der Waals surface area contributed by atoms with Crippen molar-refractivity contribution in [2.24, 2.45) is 23.2 Å². The van der Waals surface area contributed by atoms with Crippen molar-refractivity contribution in [1.29, 1.82) is 0 Å². The Kier molecular flexibility index (Phi) is 2.49. The summed E-state index contributed by atoms with van der Waals surface area (Å²) < 4.78 is 6.44. The standard InChI is InChI=1S/C15H26O2Si/c1-14(2,3)18(4,5)17-9-15-10-6-7-11(15)13(15)12(16)8-10/h10-11,13H,6-9H2,1-5H3/t10-,11-,13-,15+/m1/s1. The van der Waals surface area contributed by atoms with Gasteiger partial charge in [0.2, 0.25) is 0 Å². The molecule has 0 spiro atoms. The van der Waals surface area contributed by atoms with Crippen LogP contribution >= 0.6 is 0 Å². The Morgan fingerprint density at radius 3 is 2.50 bits per heavy atom. The molecule has 0 aromatic carbocycles. The minimum atomic E-state index is -1.66. The Hall–Kier alpha value is -0.153. The summed E-state index contributed by atoms with van der Waals surface area (Å²) in [7, 11) is -1.66. The van der Waals surface area contributed by atoms with E-state index in [-0.39, 0.29) is 5.04 Å². The van der Waals surface area contributed by atoms with Crippen LogP contribution in [0.1, 0.15) is 40.0 Å². The van der Waals surface area contributed by atoms with E-state index in [0.717, 1.165) is 13.0 Å². The highest BCUT2D eigenvalue weighted by Gasteiger charge is 2.77. The fourth-order valence-electron chi connectivity index (χ4n) is 4.20. The zero-order valence-corrected chi connectivity index (χ0v) is 13.4. The molecule has 0 heterocycles. The lowest BCUT2D eigenvalue weighted by Crippen LogP contribution is -2.42. The third kappa shape index (κ3) is 1.46. The van der Waals surface area contributed by atoms with Gasteiger partial charge in [0.05, 0.1) is 0 Å². The molecule has 0 bridgehead atoms. The first kappa shape index (κ1) is 12.9. The van der Waals surface area contributed by atoms with Crippen LogP contribution in [0, 0.1) is 23.2 Å². The third-order valence-corrected chi connectivity index (χ3v) is 10.9. The van der Waals surface area contributed by atoms with E-state index in [0.29, 0.717) is 29.0 Å². The molecule has 0 aromatic heterocycles. The first-order valence-electron chi connectivity index (χ1n) is 7.37. The molecule has 4 atom stereocenters. The monoisotopic (exact) mass is 266 g/mol. The normalized spacial score (nSPS) is 42.3. The number of ketones is 1. The van der Waals surface area contributed by atoms with Crippen molar-refractivity contribution in [2.75, 3.05) is 6.61 Å². The fourth-order valence-corrected chi connectivity index (χ4v) is 5.25. The van der Waals surface area contributed by atoms with E-state index < -0.39 is 8.32 Å². The van der Waals surface area contributed by atoms with Crippen molar-refractivity contribution in [3.63, 3.8) is 0 Å². The predicted molar refractivity (Wildman–Crippen MR) is 74.9 cm³/mol. The summed E-state index contributed by atoms with van der Waals surface area (Å²) in [4.78, 5) is 12.0. The summed E-state index contributed by atoms with van der Waals surface area (Å²) in [6, 6.07) is 0. The first-order chi connectivity index (χ1) is 8.20. The van der Waals surface area contributed by atoms with Gasteiger partial charge in [0.25, 0.3) is 0 Å². The highest BCUT2D eigenvalue weighted by Crippen LogP contribution is 2.76. The molecule has 3 fully saturated rings. The van der Waals surface area contributed by atoms with Crippen LogP contribution in [0.5, 0.6) is 0 Å². The zero-order chi connectivity index (χ0) is 13.3. The highest BCUT2D eigenvalue weighted by atomic mass is 28.4. The van der Waals surface area contributed by atoms with Crippen molar-refractivity contribution >= 4 is 14.1 Å². The Balaban J connectivity index is 1.71. The molecular weight excluding hydrogens is 240 g/mol. The maximum absolute atomic E-state index is 12.0. The highest BCUT2D eigenvalue weighted by molar-refractivity contribution is 6.74.